The van der Waals surface area contributed by atoms with E-state index in [2.05, 4.69) is 53.7 Å². The van der Waals surface area contributed by atoms with Gasteiger partial charge in [0.25, 0.3) is 5.01 Å². The number of aryl methyl sites for hydroxylation is 1. The van der Waals surface area contributed by atoms with E-state index in [-0.39, 0.29) is 0 Å². The summed E-state index contributed by atoms with van der Waals surface area (Å²) in [4.78, 5) is 5.00. The molecular formula is C21H21Cl2N2S2+. The summed E-state index contributed by atoms with van der Waals surface area (Å²) in [6, 6.07) is 6.11. The lowest BCUT2D eigenvalue weighted by Gasteiger charge is -2.17. The van der Waals surface area contributed by atoms with Gasteiger partial charge < -0.3 is 4.90 Å². The van der Waals surface area contributed by atoms with Crippen LogP contribution in [-0.2, 0) is 13.0 Å². The first-order valence-electron chi connectivity index (χ1n) is 9.15. The molecule has 2 heterocycles. The molecule has 0 bridgehead atoms. The van der Waals surface area contributed by atoms with Crippen LogP contribution in [-0.4, -0.2) is 6.54 Å². The Hall–Kier alpha value is -1.20. The number of halogens is 2. The van der Waals surface area contributed by atoms with Gasteiger partial charge in [-0.2, -0.15) is 4.57 Å². The van der Waals surface area contributed by atoms with Crippen LogP contribution in [0.25, 0.3) is 12.2 Å². The highest BCUT2D eigenvalue weighted by molar-refractivity contribution is 8.03. The van der Waals surface area contributed by atoms with E-state index in [1.54, 1.807) is 11.8 Å². The molecule has 6 heteroatoms. The normalized spacial score (nSPS) is 17.6. The van der Waals surface area contributed by atoms with Crippen LogP contribution in [0.15, 0.2) is 45.3 Å². The SMILES string of the molecule is CCN1/C(=C\C=C\c2sc3c([n+]2CC)C=C(Cl)CC3)Sc2ccc(Cl)cc21. The summed E-state index contributed by atoms with van der Waals surface area (Å²) in [5.41, 5.74) is 2.48. The topological polar surface area (TPSA) is 7.12 Å². The number of thiazole rings is 1. The molecule has 0 spiro atoms. The maximum absolute atomic E-state index is 6.27. The minimum Gasteiger partial charge on any atom is -0.335 e. The number of benzene rings is 1. The Morgan fingerprint density at radius 2 is 2.07 bits per heavy atom. The van der Waals surface area contributed by atoms with Gasteiger partial charge in [-0.1, -0.05) is 52.4 Å². The van der Waals surface area contributed by atoms with Crippen LogP contribution in [0.1, 0.15) is 35.8 Å². The second-order valence-electron chi connectivity index (χ2n) is 6.41. The predicted octanol–water partition coefficient (Wildman–Crippen LogP) is 6.72. The van der Waals surface area contributed by atoms with E-state index in [1.165, 1.54) is 31.2 Å². The summed E-state index contributed by atoms with van der Waals surface area (Å²) >= 11 is 16.1. The van der Waals surface area contributed by atoms with E-state index < -0.39 is 0 Å². The number of fused-ring (bicyclic) bond motifs is 2. The van der Waals surface area contributed by atoms with E-state index in [0.29, 0.717) is 0 Å². The van der Waals surface area contributed by atoms with Gasteiger partial charge in [-0.05, 0) is 51.0 Å². The van der Waals surface area contributed by atoms with Crippen molar-refractivity contribution < 1.29 is 4.57 Å². The second-order valence-corrected chi connectivity index (χ2v) is 9.51. The number of rotatable bonds is 4. The van der Waals surface area contributed by atoms with Gasteiger partial charge in [0, 0.05) is 33.6 Å². The summed E-state index contributed by atoms with van der Waals surface area (Å²) in [5, 5.41) is 4.24. The number of hydrogen-bond donors (Lipinski definition) is 0. The van der Waals surface area contributed by atoms with Crippen molar-refractivity contribution in [3.8, 4) is 0 Å². The fourth-order valence-electron chi connectivity index (χ4n) is 3.48. The lowest BCUT2D eigenvalue weighted by Crippen LogP contribution is -2.36. The van der Waals surface area contributed by atoms with Gasteiger partial charge in [0.1, 0.15) is 6.54 Å². The van der Waals surface area contributed by atoms with Crippen molar-refractivity contribution in [2.75, 3.05) is 11.4 Å². The molecule has 2 aliphatic rings. The predicted molar refractivity (Wildman–Crippen MR) is 120 cm³/mol. The zero-order chi connectivity index (χ0) is 19.0. The zero-order valence-corrected chi connectivity index (χ0v) is 18.5. The minimum atomic E-state index is 0.782. The Kier molecular flexibility index (Phi) is 5.70. The number of thioether (sulfide) groups is 1. The van der Waals surface area contributed by atoms with E-state index in [0.717, 1.165) is 36.0 Å². The van der Waals surface area contributed by atoms with Crippen LogP contribution < -0.4 is 9.47 Å². The molecule has 0 N–H and O–H groups in total. The monoisotopic (exact) mass is 435 g/mol. The molecule has 1 aromatic carbocycles. The van der Waals surface area contributed by atoms with Crippen LogP contribution >= 0.6 is 46.3 Å². The van der Waals surface area contributed by atoms with Gasteiger partial charge in [-0.15, -0.1) is 0 Å². The largest absolute Gasteiger partial charge is 0.335 e. The number of allylic oxidation sites excluding steroid dienone is 3. The average Bonchev–Trinajstić information content (AvgIpc) is 3.18. The van der Waals surface area contributed by atoms with Crippen LogP contribution in [0.4, 0.5) is 5.69 Å². The Balaban J connectivity index is 1.61. The maximum atomic E-state index is 6.27. The van der Waals surface area contributed by atoms with Crippen molar-refractivity contribution >= 4 is 64.1 Å². The molecule has 0 fully saturated rings. The first kappa shape index (κ1) is 19.1. The van der Waals surface area contributed by atoms with Gasteiger partial charge in [-0.25, -0.2) is 0 Å². The number of anilines is 1. The molecule has 1 aliphatic carbocycles. The van der Waals surface area contributed by atoms with Gasteiger partial charge >= 0.3 is 0 Å². The average molecular weight is 436 g/mol. The van der Waals surface area contributed by atoms with Gasteiger partial charge in [0.15, 0.2) is 0 Å². The third-order valence-electron chi connectivity index (χ3n) is 4.76. The number of nitrogens with zero attached hydrogens (tertiary/aromatic N) is 2. The minimum absolute atomic E-state index is 0.782. The molecular weight excluding hydrogens is 415 g/mol. The van der Waals surface area contributed by atoms with Crippen molar-refractivity contribution in [2.24, 2.45) is 0 Å². The first-order valence-corrected chi connectivity index (χ1v) is 11.5. The Bertz CT molecular complexity index is 973. The molecule has 27 heavy (non-hydrogen) atoms. The van der Waals surface area contributed by atoms with E-state index in [9.17, 15) is 0 Å². The van der Waals surface area contributed by atoms with E-state index >= 15 is 0 Å². The molecule has 0 radical (unpaired) electrons. The molecule has 0 saturated carbocycles. The quantitative estimate of drug-likeness (QED) is 0.491. The molecule has 0 saturated heterocycles. The second kappa shape index (κ2) is 8.04. The van der Waals surface area contributed by atoms with Crippen LogP contribution in [0, 0.1) is 0 Å². The summed E-state index contributed by atoms with van der Waals surface area (Å²) in [6.45, 7) is 6.22. The summed E-state index contributed by atoms with van der Waals surface area (Å²) < 4.78 is 2.35. The lowest BCUT2D eigenvalue weighted by molar-refractivity contribution is -0.692. The van der Waals surface area contributed by atoms with Gasteiger partial charge in [0.05, 0.1) is 15.6 Å². The van der Waals surface area contributed by atoms with Gasteiger partial charge in [0.2, 0.25) is 5.69 Å². The summed E-state index contributed by atoms with van der Waals surface area (Å²) in [5.74, 6) is 0. The molecule has 0 atom stereocenters. The van der Waals surface area contributed by atoms with Crippen molar-refractivity contribution in [3.05, 3.63) is 61.0 Å². The highest BCUT2D eigenvalue weighted by Crippen LogP contribution is 2.46. The van der Waals surface area contributed by atoms with Crippen LogP contribution in [0.2, 0.25) is 5.02 Å². The molecule has 2 nitrogen and oxygen atoms in total. The highest BCUT2D eigenvalue weighted by Gasteiger charge is 2.26. The smallest absolute Gasteiger partial charge is 0.262 e. The molecule has 0 amide bonds. The van der Waals surface area contributed by atoms with Crippen molar-refractivity contribution in [3.63, 3.8) is 0 Å². The molecule has 1 aliphatic heterocycles. The molecule has 2 aromatic rings. The Labute approximate surface area is 178 Å². The van der Waals surface area contributed by atoms with Crippen molar-refractivity contribution in [1.82, 2.24) is 0 Å². The fourth-order valence-corrected chi connectivity index (χ4v) is 6.18. The first-order chi connectivity index (χ1) is 13.1. The Morgan fingerprint density at radius 1 is 1.22 bits per heavy atom. The van der Waals surface area contributed by atoms with Crippen LogP contribution in [0.3, 0.4) is 0 Å². The standard InChI is InChI=1S/C21H21Cl2N2S2/c1-3-24-16-12-14(22)8-10-18(16)26-20(24)6-5-7-21-25(4-2)17-13-15(23)9-11-19(17)27-21/h5-8,10,12-13H,3-4,9,11H2,1-2H3/q+1. The molecule has 140 valence electrons. The van der Waals surface area contributed by atoms with E-state index in [4.69, 9.17) is 23.2 Å². The molecule has 4 rings (SSSR count). The van der Waals surface area contributed by atoms with Crippen molar-refractivity contribution in [2.45, 2.75) is 38.1 Å². The molecule has 0 unspecified atom stereocenters. The fraction of sp³-hybridized carbons (Fsp3) is 0.286. The number of aromatic nitrogens is 1. The lowest BCUT2D eigenvalue weighted by atomic mass is 10.1. The maximum Gasteiger partial charge on any atom is 0.262 e. The van der Waals surface area contributed by atoms with Crippen LogP contribution in [0.5, 0.6) is 0 Å². The zero-order valence-electron chi connectivity index (χ0n) is 15.3. The highest BCUT2D eigenvalue weighted by atomic mass is 35.5. The number of hydrogen-bond acceptors (Lipinski definition) is 3. The third-order valence-corrected chi connectivity index (χ3v) is 7.65. The van der Waals surface area contributed by atoms with Gasteiger partial charge in [-0.3, -0.25) is 0 Å². The van der Waals surface area contributed by atoms with Crippen molar-refractivity contribution in [1.29, 1.82) is 0 Å². The molecule has 1 aromatic heterocycles. The van der Waals surface area contributed by atoms with E-state index in [1.807, 2.05) is 23.5 Å². The summed E-state index contributed by atoms with van der Waals surface area (Å²) in [6.07, 6.45) is 10.7. The Morgan fingerprint density at radius 3 is 2.85 bits per heavy atom. The summed E-state index contributed by atoms with van der Waals surface area (Å²) in [7, 11) is 0. The third kappa shape index (κ3) is 3.73.